The van der Waals surface area contributed by atoms with Crippen molar-refractivity contribution in [2.75, 3.05) is 0 Å². The minimum Gasteiger partial charge on any atom is -0.489 e. The fourth-order valence-electron chi connectivity index (χ4n) is 3.36. The van der Waals surface area contributed by atoms with E-state index in [1.807, 2.05) is 42.5 Å². The highest BCUT2D eigenvalue weighted by atomic mass is 79.9. The van der Waals surface area contributed by atoms with Gasteiger partial charge in [-0.1, -0.05) is 52.3 Å². The highest BCUT2D eigenvalue weighted by Crippen LogP contribution is 2.26. The molecule has 3 aromatic carbocycles. The summed E-state index contributed by atoms with van der Waals surface area (Å²) >= 11 is 3.45. The summed E-state index contributed by atoms with van der Waals surface area (Å²) in [5, 5.41) is 4.03. The van der Waals surface area contributed by atoms with Crippen LogP contribution in [-0.4, -0.2) is 12.1 Å². The number of nitrogens with one attached hydrogen (secondary N) is 1. The molecule has 4 rings (SSSR count). The second kappa shape index (κ2) is 9.05. The zero-order chi connectivity index (χ0) is 20.1. The van der Waals surface area contributed by atoms with Crippen LogP contribution in [0.4, 0.5) is 0 Å². The van der Waals surface area contributed by atoms with Crippen LogP contribution in [0.1, 0.15) is 39.0 Å². The van der Waals surface area contributed by atoms with Crippen molar-refractivity contribution in [3.8, 4) is 5.75 Å². The van der Waals surface area contributed by atoms with Gasteiger partial charge in [0.2, 0.25) is 0 Å². The SMILES string of the molecule is O=C(N/N=C/c1ccccc1Br)c1ccc(COc2ccc3c(c2)CCC3)cc1. The Morgan fingerprint density at radius 1 is 1.03 bits per heavy atom. The van der Waals surface area contributed by atoms with Crippen molar-refractivity contribution in [1.82, 2.24) is 5.43 Å². The van der Waals surface area contributed by atoms with Crippen LogP contribution in [0, 0.1) is 0 Å². The number of halogens is 1. The number of hydrogen-bond donors (Lipinski definition) is 1. The van der Waals surface area contributed by atoms with Crippen LogP contribution in [0.3, 0.4) is 0 Å². The second-order valence-electron chi connectivity index (χ2n) is 6.99. The van der Waals surface area contributed by atoms with Gasteiger partial charge in [0.15, 0.2) is 0 Å². The third kappa shape index (κ3) is 4.93. The largest absolute Gasteiger partial charge is 0.489 e. The standard InChI is InChI=1S/C24H21BrN2O2/c25-23-7-2-1-4-21(23)15-26-27-24(28)19-10-8-17(9-11-19)16-29-22-13-12-18-5-3-6-20(18)14-22/h1-2,4,7-15H,3,5-6,16H2,(H,27,28)/b26-15+. The molecule has 0 atom stereocenters. The zero-order valence-electron chi connectivity index (χ0n) is 15.9. The number of hydrazone groups is 1. The van der Waals surface area contributed by atoms with Crippen molar-refractivity contribution in [3.05, 3.63) is 99.0 Å². The summed E-state index contributed by atoms with van der Waals surface area (Å²) in [5.74, 6) is 0.647. The molecule has 1 amide bonds. The van der Waals surface area contributed by atoms with E-state index in [1.54, 1.807) is 18.3 Å². The smallest absolute Gasteiger partial charge is 0.271 e. The highest BCUT2D eigenvalue weighted by Gasteiger charge is 2.11. The molecule has 0 spiro atoms. The normalized spacial score (nSPS) is 12.7. The molecule has 0 unspecified atom stereocenters. The summed E-state index contributed by atoms with van der Waals surface area (Å²) in [5.41, 5.74) is 7.85. The van der Waals surface area contributed by atoms with Crippen LogP contribution in [-0.2, 0) is 19.4 Å². The molecule has 1 N–H and O–H groups in total. The number of ether oxygens (including phenoxy) is 1. The number of carbonyl (C=O) groups is 1. The molecule has 0 saturated carbocycles. The number of rotatable bonds is 6. The Morgan fingerprint density at radius 3 is 2.66 bits per heavy atom. The maximum Gasteiger partial charge on any atom is 0.271 e. The third-order valence-electron chi connectivity index (χ3n) is 4.97. The summed E-state index contributed by atoms with van der Waals surface area (Å²) in [6.07, 6.45) is 5.15. The van der Waals surface area contributed by atoms with Gasteiger partial charge in [0.25, 0.3) is 5.91 Å². The van der Waals surface area contributed by atoms with E-state index in [0.29, 0.717) is 12.2 Å². The number of amides is 1. The van der Waals surface area contributed by atoms with Crippen molar-refractivity contribution < 1.29 is 9.53 Å². The van der Waals surface area contributed by atoms with Gasteiger partial charge in [-0.25, -0.2) is 5.43 Å². The molecule has 0 fully saturated rings. The van der Waals surface area contributed by atoms with Crippen LogP contribution in [0.15, 0.2) is 76.3 Å². The van der Waals surface area contributed by atoms with Gasteiger partial charge in [-0.2, -0.15) is 5.10 Å². The van der Waals surface area contributed by atoms with Crippen LogP contribution in [0.25, 0.3) is 0 Å². The molecule has 1 aliphatic carbocycles. The van der Waals surface area contributed by atoms with E-state index in [4.69, 9.17) is 4.74 Å². The van der Waals surface area contributed by atoms with Crippen LogP contribution in [0.2, 0.25) is 0 Å². The van der Waals surface area contributed by atoms with Gasteiger partial charge in [0, 0.05) is 15.6 Å². The number of fused-ring (bicyclic) bond motifs is 1. The van der Waals surface area contributed by atoms with E-state index in [1.165, 1.54) is 24.0 Å². The van der Waals surface area contributed by atoms with Gasteiger partial charge in [-0.3, -0.25) is 4.79 Å². The van der Waals surface area contributed by atoms with Crippen LogP contribution < -0.4 is 10.2 Å². The Labute approximate surface area is 178 Å². The Hall–Kier alpha value is -2.92. The molecular formula is C24H21BrN2O2. The Kier molecular flexibility index (Phi) is 6.06. The van der Waals surface area contributed by atoms with Crippen LogP contribution in [0.5, 0.6) is 5.75 Å². The molecule has 4 nitrogen and oxygen atoms in total. The third-order valence-corrected chi connectivity index (χ3v) is 5.69. The lowest BCUT2D eigenvalue weighted by Gasteiger charge is -2.09. The van der Waals surface area contributed by atoms with E-state index < -0.39 is 0 Å². The molecule has 0 heterocycles. The fraction of sp³-hybridized carbons (Fsp3) is 0.167. The maximum atomic E-state index is 12.3. The molecule has 0 saturated heterocycles. The Morgan fingerprint density at radius 2 is 1.83 bits per heavy atom. The first-order chi connectivity index (χ1) is 14.2. The topological polar surface area (TPSA) is 50.7 Å². The Bertz CT molecular complexity index is 1050. The van der Waals surface area contributed by atoms with Crippen molar-refractivity contribution in [3.63, 3.8) is 0 Å². The number of nitrogens with zero attached hydrogens (tertiary/aromatic N) is 1. The first-order valence-corrected chi connectivity index (χ1v) is 10.4. The summed E-state index contributed by atoms with van der Waals surface area (Å²) in [6, 6.07) is 21.4. The van der Waals surface area contributed by atoms with Crippen molar-refractivity contribution in [1.29, 1.82) is 0 Å². The van der Waals surface area contributed by atoms with Gasteiger partial charge in [0.05, 0.1) is 6.21 Å². The van der Waals surface area contributed by atoms with Gasteiger partial charge in [-0.15, -0.1) is 0 Å². The van der Waals surface area contributed by atoms with E-state index in [0.717, 1.165) is 27.8 Å². The van der Waals surface area contributed by atoms with E-state index in [-0.39, 0.29) is 5.91 Å². The lowest BCUT2D eigenvalue weighted by atomic mass is 10.1. The predicted octanol–water partition coefficient (Wildman–Crippen LogP) is 5.28. The highest BCUT2D eigenvalue weighted by molar-refractivity contribution is 9.10. The first kappa shape index (κ1) is 19.4. The molecule has 5 heteroatoms. The van der Waals surface area contributed by atoms with E-state index in [9.17, 15) is 4.79 Å². The van der Waals surface area contributed by atoms with Gasteiger partial charge >= 0.3 is 0 Å². The molecular weight excluding hydrogens is 428 g/mol. The van der Waals surface area contributed by atoms with Gasteiger partial charge < -0.3 is 4.74 Å². The number of hydrogen-bond acceptors (Lipinski definition) is 3. The monoisotopic (exact) mass is 448 g/mol. The molecule has 0 radical (unpaired) electrons. The lowest BCUT2D eigenvalue weighted by molar-refractivity contribution is 0.0955. The molecule has 0 aliphatic heterocycles. The maximum absolute atomic E-state index is 12.3. The summed E-state index contributed by atoms with van der Waals surface area (Å²) in [4.78, 5) is 12.3. The summed E-state index contributed by atoms with van der Waals surface area (Å²) < 4.78 is 6.84. The number of aryl methyl sites for hydroxylation is 2. The minimum absolute atomic E-state index is 0.251. The zero-order valence-corrected chi connectivity index (χ0v) is 17.5. The first-order valence-electron chi connectivity index (χ1n) is 9.60. The predicted molar refractivity (Wildman–Crippen MR) is 118 cm³/mol. The molecule has 146 valence electrons. The quantitative estimate of drug-likeness (QED) is 0.411. The summed E-state index contributed by atoms with van der Waals surface area (Å²) in [6.45, 7) is 0.473. The molecule has 0 bridgehead atoms. The molecule has 0 aromatic heterocycles. The second-order valence-corrected chi connectivity index (χ2v) is 7.84. The number of benzene rings is 3. The molecule has 1 aliphatic rings. The average Bonchev–Trinajstić information content (AvgIpc) is 3.22. The van der Waals surface area contributed by atoms with Gasteiger partial charge in [-0.05, 0) is 66.3 Å². The van der Waals surface area contributed by atoms with E-state index >= 15 is 0 Å². The van der Waals surface area contributed by atoms with Crippen LogP contribution >= 0.6 is 15.9 Å². The Balaban J connectivity index is 1.31. The molecule has 29 heavy (non-hydrogen) atoms. The van der Waals surface area contributed by atoms with Crippen molar-refractivity contribution in [2.45, 2.75) is 25.9 Å². The van der Waals surface area contributed by atoms with Crippen molar-refractivity contribution >= 4 is 28.1 Å². The van der Waals surface area contributed by atoms with E-state index in [2.05, 4.69) is 38.6 Å². The fourth-order valence-corrected chi connectivity index (χ4v) is 3.75. The lowest BCUT2D eigenvalue weighted by Crippen LogP contribution is -2.17. The summed E-state index contributed by atoms with van der Waals surface area (Å²) in [7, 11) is 0. The number of carbonyl (C=O) groups excluding carboxylic acids is 1. The average molecular weight is 449 g/mol. The van der Waals surface area contributed by atoms with Crippen molar-refractivity contribution in [2.24, 2.45) is 5.10 Å². The van der Waals surface area contributed by atoms with Gasteiger partial charge in [0.1, 0.15) is 12.4 Å². The molecule has 3 aromatic rings. The minimum atomic E-state index is -0.251.